The number of rotatable bonds is 9. The first-order valence-corrected chi connectivity index (χ1v) is 14.6. The van der Waals surface area contributed by atoms with Gasteiger partial charge in [-0.3, -0.25) is 4.98 Å². The van der Waals surface area contributed by atoms with E-state index in [0.717, 1.165) is 74.3 Å². The molecule has 0 unspecified atom stereocenters. The molecule has 0 fully saturated rings. The number of pyridine rings is 1. The highest BCUT2D eigenvalue weighted by atomic mass is 35.5. The number of allylic oxidation sites excluding steroid dienone is 1. The second-order valence-electron chi connectivity index (χ2n) is 11.2. The summed E-state index contributed by atoms with van der Waals surface area (Å²) in [6.45, 7) is 10.1. The summed E-state index contributed by atoms with van der Waals surface area (Å²) in [7, 11) is 0. The summed E-state index contributed by atoms with van der Waals surface area (Å²) in [5.74, 6) is -0.225. The summed E-state index contributed by atoms with van der Waals surface area (Å²) in [4.78, 5) is 4.97. The monoisotopic (exact) mass is 599 g/mol. The van der Waals surface area contributed by atoms with Crippen LogP contribution in [0.25, 0.3) is 22.0 Å². The first kappa shape index (κ1) is 30.4. The molecule has 4 aromatic carbocycles. The quantitative estimate of drug-likeness (QED) is 0.157. The smallest absolute Gasteiger partial charge is 0.406 e. The Kier molecular flexibility index (Phi) is 8.93. The second-order valence-corrected chi connectivity index (χ2v) is 11.6. The molecule has 0 saturated carbocycles. The van der Waals surface area contributed by atoms with Gasteiger partial charge >= 0.3 is 6.36 Å². The zero-order chi connectivity index (χ0) is 30.7. The van der Waals surface area contributed by atoms with Gasteiger partial charge in [0.15, 0.2) is 0 Å². The van der Waals surface area contributed by atoms with E-state index in [4.69, 9.17) is 16.6 Å². The largest absolute Gasteiger partial charge is 0.573 e. The summed E-state index contributed by atoms with van der Waals surface area (Å²) < 4.78 is 41.5. The molecule has 2 nitrogen and oxygen atoms in total. The third-order valence-corrected chi connectivity index (χ3v) is 7.96. The van der Waals surface area contributed by atoms with Crippen molar-refractivity contribution in [3.05, 3.63) is 141 Å². The normalized spacial score (nSPS) is 11.6. The molecule has 0 aliphatic carbocycles. The first-order valence-electron chi connectivity index (χ1n) is 14.2. The predicted molar refractivity (Wildman–Crippen MR) is 170 cm³/mol. The number of benzene rings is 4. The van der Waals surface area contributed by atoms with Crippen LogP contribution in [0.4, 0.5) is 13.2 Å². The molecule has 5 rings (SSSR count). The van der Waals surface area contributed by atoms with Crippen molar-refractivity contribution in [2.24, 2.45) is 0 Å². The van der Waals surface area contributed by atoms with Gasteiger partial charge in [0.2, 0.25) is 0 Å². The van der Waals surface area contributed by atoms with Crippen LogP contribution in [0.3, 0.4) is 0 Å². The average molecular weight is 600 g/mol. The summed E-state index contributed by atoms with van der Waals surface area (Å²) in [5, 5.41) is 1.77. The fraction of sp³-hybridized carbons (Fsp3) is 0.216. The molecule has 0 saturated heterocycles. The van der Waals surface area contributed by atoms with Crippen molar-refractivity contribution in [3.63, 3.8) is 0 Å². The van der Waals surface area contributed by atoms with E-state index in [1.54, 1.807) is 12.1 Å². The Hall–Kier alpha value is -4.09. The molecular formula is C37H33ClF3NO. The van der Waals surface area contributed by atoms with E-state index in [-0.39, 0.29) is 5.75 Å². The Labute approximate surface area is 255 Å². The molecule has 0 bridgehead atoms. The van der Waals surface area contributed by atoms with Crippen molar-refractivity contribution in [3.8, 4) is 16.9 Å². The third kappa shape index (κ3) is 7.66. The van der Waals surface area contributed by atoms with Crippen LogP contribution in [0.15, 0.2) is 97.1 Å². The molecule has 220 valence electrons. The number of ether oxygens (including phenoxy) is 1. The minimum Gasteiger partial charge on any atom is -0.406 e. The summed E-state index contributed by atoms with van der Waals surface area (Å²) in [6, 6.07) is 27.1. The van der Waals surface area contributed by atoms with Crippen molar-refractivity contribution in [2.75, 3.05) is 0 Å². The fourth-order valence-electron chi connectivity index (χ4n) is 5.51. The second kappa shape index (κ2) is 12.6. The van der Waals surface area contributed by atoms with Gasteiger partial charge in [0.1, 0.15) is 5.75 Å². The topological polar surface area (TPSA) is 22.1 Å². The van der Waals surface area contributed by atoms with Crippen LogP contribution in [0.1, 0.15) is 46.0 Å². The minimum atomic E-state index is -4.70. The van der Waals surface area contributed by atoms with Crippen molar-refractivity contribution < 1.29 is 17.9 Å². The third-order valence-electron chi connectivity index (χ3n) is 7.55. The van der Waals surface area contributed by atoms with Crippen LogP contribution >= 0.6 is 11.6 Å². The van der Waals surface area contributed by atoms with Gasteiger partial charge in [-0.05, 0) is 110 Å². The predicted octanol–water partition coefficient (Wildman–Crippen LogP) is 10.6. The van der Waals surface area contributed by atoms with E-state index in [1.807, 2.05) is 26.8 Å². The fourth-order valence-corrected chi connectivity index (χ4v) is 5.67. The van der Waals surface area contributed by atoms with Crippen molar-refractivity contribution in [1.29, 1.82) is 0 Å². The molecule has 1 aromatic heterocycles. The first-order chi connectivity index (χ1) is 20.4. The van der Waals surface area contributed by atoms with Gasteiger partial charge < -0.3 is 4.74 Å². The highest BCUT2D eigenvalue weighted by molar-refractivity contribution is 6.32. The molecule has 6 heteroatoms. The minimum absolute atomic E-state index is 0.225. The maximum atomic E-state index is 12.5. The number of hydrogen-bond donors (Lipinski definition) is 0. The molecule has 0 radical (unpaired) electrons. The molecular weight excluding hydrogens is 567 g/mol. The molecule has 5 aromatic rings. The summed E-state index contributed by atoms with van der Waals surface area (Å²) in [6.07, 6.45) is -1.54. The van der Waals surface area contributed by atoms with Gasteiger partial charge in [0.25, 0.3) is 0 Å². The van der Waals surface area contributed by atoms with Crippen molar-refractivity contribution >= 4 is 22.5 Å². The Morgan fingerprint density at radius 1 is 0.814 bits per heavy atom. The lowest BCUT2D eigenvalue weighted by Crippen LogP contribution is -2.17. The Morgan fingerprint density at radius 2 is 1.40 bits per heavy atom. The van der Waals surface area contributed by atoms with Gasteiger partial charge in [-0.2, -0.15) is 0 Å². The molecule has 0 amide bonds. The number of nitrogens with zero attached hydrogens (tertiary/aromatic N) is 1. The van der Waals surface area contributed by atoms with Crippen molar-refractivity contribution in [1.82, 2.24) is 4.98 Å². The Bertz CT molecular complexity index is 1760. The van der Waals surface area contributed by atoms with Gasteiger partial charge in [-0.1, -0.05) is 84.4 Å². The van der Waals surface area contributed by atoms with Gasteiger partial charge in [0, 0.05) is 21.7 Å². The number of halogens is 4. The van der Waals surface area contributed by atoms with Crippen LogP contribution in [-0.2, 0) is 25.7 Å². The summed E-state index contributed by atoms with van der Waals surface area (Å²) >= 11 is 6.61. The van der Waals surface area contributed by atoms with Crippen LogP contribution in [0, 0.1) is 13.8 Å². The maximum Gasteiger partial charge on any atom is 0.573 e. The molecule has 1 heterocycles. The number of aromatic nitrogens is 1. The van der Waals surface area contributed by atoms with E-state index < -0.39 is 6.36 Å². The van der Waals surface area contributed by atoms with E-state index in [2.05, 4.69) is 65.9 Å². The number of fused-ring (bicyclic) bond motifs is 1. The SMILES string of the molecule is C=C(C)Cc1ccc(CCc2c(-c3ccc(Cc4ccc(OC(F)(F)F)cc4)cc3)c(C)nc3cc(C)c(Cl)cc23)cc1. The lowest BCUT2D eigenvalue weighted by Gasteiger charge is -2.18. The van der Waals surface area contributed by atoms with Crippen LogP contribution in [0.2, 0.25) is 5.02 Å². The average Bonchev–Trinajstić information content (AvgIpc) is 2.94. The molecule has 0 atom stereocenters. The Balaban J connectivity index is 1.44. The lowest BCUT2D eigenvalue weighted by atomic mass is 9.90. The zero-order valence-corrected chi connectivity index (χ0v) is 25.2. The lowest BCUT2D eigenvalue weighted by molar-refractivity contribution is -0.274. The molecule has 0 aliphatic heterocycles. The van der Waals surface area contributed by atoms with Gasteiger partial charge in [0.05, 0.1) is 5.52 Å². The highest BCUT2D eigenvalue weighted by Crippen LogP contribution is 2.35. The number of hydrogen-bond acceptors (Lipinski definition) is 2. The highest BCUT2D eigenvalue weighted by Gasteiger charge is 2.31. The molecule has 0 N–H and O–H groups in total. The maximum absolute atomic E-state index is 12.5. The zero-order valence-electron chi connectivity index (χ0n) is 24.5. The van der Waals surface area contributed by atoms with E-state index in [0.29, 0.717) is 6.42 Å². The van der Waals surface area contributed by atoms with E-state index in [9.17, 15) is 13.2 Å². The van der Waals surface area contributed by atoms with Crippen LogP contribution in [-0.4, -0.2) is 11.3 Å². The van der Waals surface area contributed by atoms with E-state index >= 15 is 0 Å². The van der Waals surface area contributed by atoms with Gasteiger partial charge in [-0.25, -0.2) is 0 Å². The van der Waals surface area contributed by atoms with Crippen LogP contribution in [0.5, 0.6) is 5.75 Å². The Morgan fingerprint density at radius 3 is 2.00 bits per heavy atom. The van der Waals surface area contributed by atoms with Crippen molar-refractivity contribution in [2.45, 2.75) is 52.8 Å². The van der Waals surface area contributed by atoms with Gasteiger partial charge in [-0.15, -0.1) is 13.2 Å². The number of aryl methyl sites for hydroxylation is 4. The van der Waals surface area contributed by atoms with E-state index in [1.165, 1.54) is 28.8 Å². The molecule has 0 spiro atoms. The summed E-state index contributed by atoms with van der Waals surface area (Å²) in [5.41, 5.74) is 11.9. The standard InChI is InChI=1S/C37H33ClF3NO/c1-23(2)19-27-7-5-26(6-8-27)13-18-32-33-22-34(38)24(3)20-35(33)42-25(4)36(32)30-14-9-28(10-15-30)21-29-11-16-31(17-12-29)43-37(39,40)41/h5-12,14-17,20,22H,1,13,18-19,21H2,2-4H3. The van der Waals surface area contributed by atoms with Crippen LogP contribution < -0.4 is 4.74 Å². The molecule has 43 heavy (non-hydrogen) atoms. The number of alkyl halides is 3. The molecule has 0 aliphatic rings.